The Labute approximate surface area is 155 Å². The average Bonchev–Trinajstić information content (AvgIpc) is 2.50. The second-order valence-corrected chi connectivity index (χ2v) is 7.68. The highest BCUT2D eigenvalue weighted by molar-refractivity contribution is 6.34. The number of carbonyl (C=O) groups is 2. The molecule has 0 saturated heterocycles. The molecule has 6 heteroatoms. The first-order chi connectivity index (χ1) is 11.7. The number of hydrogen-bond donors (Lipinski definition) is 3. The molecule has 1 atom stereocenters. The van der Waals surface area contributed by atoms with Gasteiger partial charge in [0.15, 0.2) is 0 Å². The Hall–Kier alpha value is -1.75. The number of nitrogens with one attached hydrogen (secondary N) is 3. The maximum atomic E-state index is 12.1. The highest BCUT2D eigenvalue weighted by Crippen LogP contribution is 2.21. The number of benzene rings is 1. The van der Waals surface area contributed by atoms with Gasteiger partial charge in [-0.25, -0.2) is 4.79 Å². The van der Waals surface area contributed by atoms with Gasteiger partial charge in [-0.05, 0) is 49.8 Å². The number of halogens is 1. The number of carbonyl (C=O) groups excluding carboxylic acids is 2. The van der Waals surface area contributed by atoms with E-state index in [4.69, 9.17) is 11.6 Å². The summed E-state index contributed by atoms with van der Waals surface area (Å²) in [5.41, 5.74) is 0.956. The van der Waals surface area contributed by atoms with Crippen LogP contribution in [0.2, 0.25) is 5.02 Å². The number of anilines is 1. The third-order valence-electron chi connectivity index (χ3n) is 3.70. The Kier molecular flexibility index (Phi) is 8.76. The van der Waals surface area contributed by atoms with Crippen LogP contribution in [0.25, 0.3) is 0 Å². The highest BCUT2D eigenvalue weighted by atomic mass is 35.5. The lowest BCUT2D eigenvalue weighted by atomic mass is 10.0. The smallest absolute Gasteiger partial charge is 0.319 e. The summed E-state index contributed by atoms with van der Waals surface area (Å²) in [6.07, 6.45) is 1.99. The molecule has 0 heterocycles. The molecular weight excluding hydrogens is 338 g/mol. The molecule has 0 fully saturated rings. The van der Waals surface area contributed by atoms with Crippen molar-refractivity contribution in [1.82, 2.24) is 10.6 Å². The average molecular weight is 368 g/mol. The zero-order valence-electron chi connectivity index (χ0n) is 15.8. The number of rotatable bonds is 8. The minimum Gasteiger partial charge on any atom is -0.352 e. The summed E-state index contributed by atoms with van der Waals surface area (Å²) < 4.78 is 0. The van der Waals surface area contributed by atoms with Gasteiger partial charge >= 0.3 is 6.03 Å². The minimum atomic E-state index is -0.274. The first kappa shape index (κ1) is 21.3. The van der Waals surface area contributed by atoms with Crippen molar-refractivity contribution >= 4 is 29.2 Å². The van der Waals surface area contributed by atoms with Crippen molar-refractivity contribution in [2.24, 2.45) is 11.8 Å². The van der Waals surface area contributed by atoms with Crippen molar-refractivity contribution in [3.05, 3.63) is 28.8 Å². The van der Waals surface area contributed by atoms with Gasteiger partial charge in [-0.1, -0.05) is 39.3 Å². The van der Waals surface area contributed by atoms with Crippen molar-refractivity contribution in [3.63, 3.8) is 0 Å². The molecule has 0 bridgehead atoms. The van der Waals surface area contributed by atoms with Gasteiger partial charge in [0.25, 0.3) is 5.91 Å². The molecule has 0 aliphatic carbocycles. The van der Waals surface area contributed by atoms with Crippen LogP contribution in [0.5, 0.6) is 0 Å². The van der Waals surface area contributed by atoms with E-state index in [-0.39, 0.29) is 18.0 Å². The standard InChI is InChI=1S/C19H30ClN3O2/c1-12(2)6-7-14(5)22-19(25)23-15-8-9-16(17(20)10-15)18(24)21-11-13(3)4/h8-10,12-14H,6-7,11H2,1-5H3,(H,21,24)(H2,22,23,25). The van der Waals surface area contributed by atoms with Gasteiger partial charge in [0, 0.05) is 18.3 Å². The number of hydrogen-bond acceptors (Lipinski definition) is 2. The molecule has 140 valence electrons. The Bertz CT molecular complexity index is 588. The maximum absolute atomic E-state index is 12.1. The van der Waals surface area contributed by atoms with E-state index in [9.17, 15) is 9.59 Å². The largest absolute Gasteiger partial charge is 0.352 e. The first-order valence-electron chi connectivity index (χ1n) is 8.84. The van der Waals surface area contributed by atoms with Crippen LogP contribution >= 0.6 is 11.6 Å². The van der Waals surface area contributed by atoms with E-state index in [0.29, 0.717) is 34.7 Å². The lowest BCUT2D eigenvalue weighted by Gasteiger charge is -2.16. The van der Waals surface area contributed by atoms with E-state index in [1.54, 1.807) is 18.2 Å². The van der Waals surface area contributed by atoms with Gasteiger partial charge in [0.2, 0.25) is 0 Å². The number of urea groups is 1. The number of amides is 3. The predicted octanol–water partition coefficient (Wildman–Crippen LogP) is 4.67. The summed E-state index contributed by atoms with van der Waals surface area (Å²) in [5, 5.41) is 8.79. The van der Waals surface area contributed by atoms with Crippen molar-refractivity contribution in [2.75, 3.05) is 11.9 Å². The summed E-state index contributed by atoms with van der Waals surface area (Å²) >= 11 is 6.18. The zero-order chi connectivity index (χ0) is 19.0. The Balaban J connectivity index is 2.58. The zero-order valence-corrected chi connectivity index (χ0v) is 16.5. The molecule has 1 aromatic rings. The summed E-state index contributed by atoms with van der Waals surface area (Å²) in [6.45, 7) is 10.9. The van der Waals surface area contributed by atoms with Crippen LogP contribution in [0.4, 0.5) is 10.5 Å². The van der Waals surface area contributed by atoms with Gasteiger partial charge in [-0.15, -0.1) is 0 Å². The molecule has 0 aromatic heterocycles. The molecule has 5 nitrogen and oxygen atoms in total. The van der Waals surface area contributed by atoms with Crippen molar-refractivity contribution in [1.29, 1.82) is 0 Å². The highest BCUT2D eigenvalue weighted by Gasteiger charge is 2.13. The van der Waals surface area contributed by atoms with Crippen molar-refractivity contribution in [3.8, 4) is 0 Å². The molecule has 3 amide bonds. The molecule has 1 rings (SSSR count). The monoisotopic (exact) mass is 367 g/mol. The van der Waals surface area contributed by atoms with Gasteiger partial charge in [0.1, 0.15) is 0 Å². The third kappa shape index (κ3) is 8.25. The first-order valence-corrected chi connectivity index (χ1v) is 9.22. The molecule has 3 N–H and O–H groups in total. The SMILES string of the molecule is CC(C)CCC(C)NC(=O)Nc1ccc(C(=O)NCC(C)C)c(Cl)c1. The molecule has 1 unspecified atom stereocenters. The topological polar surface area (TPSA) is 70.2 Å². The molecule has 0 radical (unpaired) electrons. The summed E-state index contributed by atoms with van der Waals surface area (Å²) in [7, 11) is 0. The quantitative estimate of drug-likeness (QED) is 0.624. The van der Waals surface area contributed by atoms with Crippen LogP contribution < -0.4 is 16.0 Å². The fourth-order valence-electron chi connectivity index (χ4n) is 2.22. The van der Waals surface area contributed by atoms with Crippen LogP contribution in [0.15, 0.2) is 18.2 Å². The van der Waals surface area contributed by atoms with Gasteiger partial charge in [-0.2, -0.15) is 0 Å². The molecule has 0 aliphatic rings. The predicted molar refractivity (Wildman–Crippen MR) is 104 cm³/mol. The molecular formula is C19H30ClN3O2. The Morgan fingerprint density at radius 1 is 1.04 bits per heavy atom. The van der Waals surface area contributed by atoms with Gasteiger partial charge in [-0.3, -0.25) is 4.79 Å². The molecule has 0 aliphatic heterocycles. The van der Waals surface area contributed by atoms with Crippen LogP contribution in [-0.2, 0) is 0 Å². The summed E-state index contributed by atoms with van der Waals surface area (Å²) in [4.78, 5) is 24.1. The van der Waals surface area contributed by atoms with Crippen LogP contribution in [0.1, 0.15) is 57.8 Å². The second kappa shape index (κ2) is 10.3. The van der Waals surface area contributed by atoms with E-state index < -0.39 is 0 Å². The molecule has 25 heavy (non-hydrogen) atoms. The van der Waals surface area contributed by atoms with E-state index in [1.807, 2.05) is 20.8 Å². The Morgan fingerprint density at radius 2 is 1.72 bits per heavy atom. The van der Waals surface area contributed by atoms with Crippen LogP contribution in [-0.4, -0.2) is 24.5 Å². The normalized spacial score (nSPS) is 12.2. The minimum absolute atomic E-state index is 0.0963. The van der Waals surface area contributed by atoms with Crippen molar-refractivity contribution in [2.45, 2.75) is 53.5 Å². The second-order valence-electron chi connectivity index (χ2n) is 7.27. The van der Waals surface area contributed by atoms with Crippen molar-refractivity contribution < 1.29 is 9.59 Å². The fourth-order valence-corrected chi connectivity index (χ4v) is 2.48. The molecule has 1 aromatic carbocycles. The van der Waals surface area contributed by atoms with Crippen LogP contribution in [0.3, 0.4) is 0 Å². The summed E-state index contributed by atoms with van der Waals surface area (Å²) in [5.74, 6) is 0.766. The van der Waals surface area contributed by atoms with E-state index in [0.717, 1.165) is 12.8 Å². The molecule has 0 saturated carbocycles. The van der Waals surface area contributed by atoms with Gasteiger partial charge < -0.3 is 16.0 Å². The lowest BCUT2D eigenvalue weighted by molar-refractivity contribution is 0.0949. The van der Waals surface area contributed by atoms with Crippen LogP contribution in [0, 0.1) is 11.8 Å². The van der Waals surface area contributed by atoms with E-state index in [2.05, 4.69) is 29.8 Å². The third-order valence-corrected chi connectivity index (χ3v) is 4.01. The lowest BCUT2D eigenvalue weighted by Crippen LogP contribution is -2.36. The fraction of sp³-hybridized carbons (Fsp3) is 0.579. The molecule has 0 spiro atoms. The van der Waals surface area contributed by atoms with E-state index in [1.165, 1.54) is 0 Å². The maximum Gasteiger partial charge on any atom is 0.319 e. The van der Waals surface area contributed by atoms with E-state index >= 15 is 0 Å². The summed E-state index contributed by atoms with van der Waals surface area (Å²) in [6, 6.07) is 4.71. The van der Waals surface area contributed by atoms with Gasteiger partial charge in [0.05, 0.1) is 10.6 Å². The Morgan fingerprint density at radius 3 is 2.28 bits per heavy atom.